The molecule has 1 atom stereocenters. The van der Waals surface area contributed by atoms with Gasteiger partial charge in [0.25, 0.3) is 5.91 Å². The molecule has 1 saturated heterocycles. The molecular formula is C22H22N4O5S. The number of amides is 2. The summed E-state index contributed by atoms with van der Waals surface area (Å²) in [5.41, 5.74) is 5.86. The zero-order valence-corrected chi connectivity index (χ0v) is 17.9. The second-order valence-corrected chi connectivity index (χ2v) is 9.17. The molecule has 0 bridgehead atoms. The molecular weight excluding hydrogens is 432 g/mol. The lowest BCUT2D eigenvalue weighted by atomic mass is 10.2. The van der Waals surface area contributed by atoms with Crippen molar-refractivity contribution in [3.8, 4) is 5.75 Å². The van der Waals surface area contributed by atoms with Crippen molar-refractivity contribution in [1.29, 1.82) is 0 Å². The van der Waals surface area contributed by atoms with Crippen molar-refractivity contribution in [2.45, 2.75) is 10.9 Å². The summed E-state index contributed by atoms with van der Waals surface area (Å²) in [7, 11) is -4.09. The van der Waals surface area contributed by atoms with Gasteiger partial charge in [0.2, 0.25) is 15.9 Å². The highest BCUT2D eigenvalue weighted by Crippen LogP contribution is 2.27. The van der Waals surface area contributed by atoms with Crippen molar-refractivity contribution in [2.24, 2.45) is 5.73 Å². The first-order chi connectivity index (χ1) is 15.4. The maximum atomic E-state index is 13.5. The lowest BCUT2D eigenvalue weighted by Gasteiger charge is -2.38. The number of nitrogens with two attached hydrogens (primary N) is 1. The molecule has 1 aliphatic heterocycles. The van der Waals surface area contributed by atoms with Crippen LogP contribution in [0.3, 0.4) is 0 Å². The first kappa shape index (κ1) is 21.7. The smallest absolute Gasteiger partial charge is 0.260 e. The van der Waals surface area contributed by atoms with Gasteiger partial charge in [-0.15, -0.1) is 0 Å². The molecule has 1 aliphatic rings. The monoisotopic (exact) mass is 454 g/mol. The quantitative estimate of drug-likeness (QED) is 0.593. The van der Waals surface area contributed by atoms with Crippen LogP contribution >= 0.6 is 0 Å². The number of ether oxygens (including phenoxy) is 1. The number of rotatable bonds is 6. The fourth-order valence-corrected chi connectivity index (χ4v) is 5.42. The number of carbonyl (C=O) groups is 2. The second-order valence-electron chi connectivity index (χ2n) is 7.31. The van der Waals surface area contributed by atoms with Gasteiger partial charge in [-0.05, 0) is 24.3 Å². The number of primary amides is 1. The maximum Gasteiger partial charge on any atom is 0.260 e. The van der Waals surface area contributed by atoms with Gasteiger partial charge in [-0.2, -0.15) is 4.31 Å². The number of pyridine rings is 1. The summed E-state index contributed by atoms with van der Waals surface area (Å²) in [6.45, 7) is -0.340. The van der Waals surface area contributed by atoms with E-state index in [4.69, 9.17) is 10.5 Å². The topological polar surface area (TPSA) is 123 Å². The molecule has 1 fully saturated rings. The third-order valence-electron chi connectivity index (χ3n) is 5.30. The van der Waals surface area contributed by atoms with E-state index in [2.05, 4.69) is 4.98 Å². The summed E-state index contributed by atoms with van der Waals surface area (Å²) < 4.78 is 33.4. The van der Waals surface area contributed by atoms with Gasteiger partial charge in [-0.3, -0.25) is 14.6 Å². The summed E-state index contributed by atoms with van der Waals surface area (Å²) >= 11 is 0. The lowest BCUT2D eigenvalue weighted by Crippen LogP contribution is -2.61. The summed E-state index contributed by atoms with van der Waals surface area (Å²) in [5.74, 6) is -0.649. The van der Waals surface area contributed by atoms with Crippen LogP contribution in [0.1, 0.15) is 0 Å². The fourth-order valence-electron chi connectivity index (χ4n) is 3.68. The van der Waals surface area contributed by atoms with E-state index < -0.39 is 22.0 Å². The van der Waals surface area contributed by atoms with Crippen LogP contribution in [-0.2, 0) is 19.6 Å². The predicted octanol–water partition coefficient (Wildman–Crippen LogP) is 1.00. The van der Waals surface area contributed by atoms with E-state index >= 15 is 0 Å². The SMILES string of the molecule is NC(=O)C1CN(C(=O)COc2ccccc2)CCN1S(=O)(=O)c1cccc2cccnc12. The van der Waals surface area contributed by atoms with Crippen LogP contribution in [0.15, 0.2) is 71.8 Å². The Morgan fingerprint density at radius 3 is 2.53 bits per heavy atom. The van der Waals surface area contributed by atoms with Crippen molar-refractivity contribution in [2.75, 3.05) is 26.2 Å². The Labute approximate surface area is 185 Å². The Balaban J connectivity index is 1.54. The molecule has 9 nitrogen and oxygen atoms in total. The van der Waals surface area contributed by atoms with Gasteiger partial charge in [-0.25, -0.2) is 8.42 Å². The zero-order valence-electron chi connectivity index (χ0n) is 17.1. The summed E-state index contributed by atoms with van der Waals surface area (Å²) in [5, 5.41) is 0.663. The number of hydrogen-bond donors (Lipinski definition) is 1. The largest absolute Gasteiger partial charge is 0.484 e. The minimum Gasteiger partial charge on any atom is -0.484 e. The van der Waals surface area contributed by atoms with Crippen LogP contribution in [0.4, 0.5) is 0 Å². The summed E-state index contributed by atoms with van der Waals surface area (Å²) in [6, 6.07) is 16.0. The predicted molar refractivity (Wildman–Crippen MR) is 117 cm³/mol. The van der Waals surface area contributed by atoms with E-state index in [1.54, 1.807) is 48.5 Å². The molecule has 2 amide bonds. The van der Waals surface area contributed by atoms with Gasteiger partial charge < -0.3 is 15.4 Å². The Hall–Kier alpha value is -3.50. The number of aromatic nitrogens is 1. The van der Waals surface area contributed by atoms with Crippen molar-refractivity contribution in [1.82, 2.24) is 14.2 Å². The average molecular weight is 455 g/mol. The van der Waals surface area contributed by atoms with Gasteiger partial charge in [0.15, 0.2) is 6.61 Å². The highest BCUT2D eigenvalue weighted by atomic mass is 32.2. The molecule has 0 spiro atoms. The van der Waals surface area contributed by atoms with Gasteiger partial charge in [0, 0.05) is 31.2 Å². The van der Waals surface area contributed by atoms with E-state index in [-0.39, 0.29) is 37.0 Å². The number of fused-ring (bicyclic) bond motifs is 1. The van der Waals surface area contributed by atoms with Crippen molar-refractivity contribution < 1.29 is 22.7 Å². The Morgan fingerprint density at radius 2 is 1.78 bits per heavy atom. The minimum atomic E-state index is -4.09. The lowest BCUT2D eigenvalue weighted by molar-refractivity contribution is -0.137. The number of carbonyl (C=O) groups excluding carboxylic acids is 2. The molecule has 1 unspecified atom stereocenters. The average Bonchev–Trinajstić information content (AvgIpc) is 2.82. The normalized spacial score (nSPS) is 17.2. The van der Waals surface area contributed by atoms with E-state index in [1.807, 2.05) is 6.07 Å². The first-order valence-electron chi connectivity index (χ1n) is 9.98. The molecule has 2 N–H and O–H groups in total. The molecule has 32 heavy (non-hydrogen) atoms. The molecule has 1 aromatic heterocycles. The molecule has 166 valence electrons. The van der Waals surface area contributed by atoms with Gasteiger partial charge >= 0.3 is 0 Å². The van der Waals surface area contributed by atoms with Crippen LogP contribution in [-0.4, -0.2) is 66.7 Å². The van der Waals surface area contributed by atoms with Crippen molar-refractivity contribution >= 4 is 32.7 Å². The third-order valence-corrected chi connectivity index (χ3v) is 7.24. The maximum absolute atomic E-state index is 13.5. The number of nitrogens with zero attached hydrogens (tertiary/aromatic N) is 3. The van der Waals surface area contributed by atoms with Gasteiger partial charge in [0.1, 0.15) is 16.7 Å². The molecule has 2 heterocycles. The second kappa shape index (κ2) is 8.93. The van der Waals surface area contributed by atoms with Gasteiger partial charge in [-0.1, -0.05) is 36.4 Å². The Kier molecular flexibility index (Phi) is 6.06. The number of sulfonamides is 1. The molecule has 4 rings (SSSR count). The Bertz CT molecular complexity index is 1240. The van der Waals surface area contributed by atoms with Crippen LogP contribution in [0.2, 0.25) is 0 Å². The van der Waals surface area contributed by atoms with Crippen LogP contribution < -0.4 is 10.5 Å². The minimum absolute atomic E-state index is 0.00552. The number of para-hydroxylation sites is 2. The molecule has 3 aromatic rings. The molecule has 0 aliphatic carbocycles. The zero-order chi connectivity index (χ0) is 22.7. The van der Waals surface area contributed by atoms with Crippen molar-refractivity contribution in [3.05, 3.63) is 66.9 Å². The number of piperazine rings is 1. The van der Waals surface area contributed by atoms with Crippen molar-refractivity contribution in [3.63, 3.8) is 0 Å². The first-order valence-corrected chi connectivity index (χ1v) is 11.4. The van der Waals surface area contributed by atoms with Gasteiger partial charge in [0.05, 0.1) is 5.52 Å². The number of hydrogen-bond acceptors (Lipinski definition) is 6. The molecule has 0 saturated carbocycles. The molecule has 10 heteroatoms. The van der Waals surface area contributed by atoms with Crippen LogP contribution in [0, 0.1) is 0 Å². The van der Waals surface area contributed by atoms with E-state index in [1.165, 1.54) is 17.2 Å². The van der Waals surface area contributed by atoms with Crippen LogP contribution in [0.5, 0.6) is 5.75 Å². The number of benzene rings is 2. The highest BCUT2D eigenvalue weighted by Gasteiger charge is 2.41. The standard InChI is InChI=1S/C22H22N4O5S/c23-22(28)18-14-25(20(27)15-31-17-8-2-1-3-9-17)12-13-26(18)32(29,30)19-10-4-6-16-7-5-11-24-21(16)19/h1-11,18H,12-15H2,(H2,23,28). The molecule has 2 aromatic carbocycles. The van der Waals surface area contributed by atoms with E-state index in [0.717, 1.165) is 4.31 Å². The molecule has 0 radical (unpaired) electrons. The highest BCUT2D eigenvalue weighted by molar-refractivity contribution is 7.89. The summed E-state index contributed by atoms with van der Waals surface area (Å²) in [6.07, 6.45) is 1.51. The van der Waals surface area contributed by atoms with Crippen LogP contribution in [0.25, 0.3) is 10.9 Å². The fraction of sp³-hybridized carbons (Fsp3) is 0.227. The Morgan fingerprint density at radius 1 is 1.03 bits per heavy atom. The van der Waals surface area contributed by atoms with E-state index in [0.29, 0.717) is 16.7 Å². The third kappa shape index (κ3) is 4.27. The summed E-state index contributed by atoms with van der Waals surface area (Å²) in [4.78, 5) is 30.4. The van der Waals surface area contributed by atoms with E-state index in [9.17, 15) is 18.0 Å².